The smallest absolute Gasteiger partial charge is 0.267 e. The van der Waals surface area contributed by atoms with E-state index in [9.17, 15) is 14.0 Å². The molecular weight excluding hydrogens is 421 g/mol. The van der Waals surface area contributed by atoms with Crippen LogP contribution in [-0.4, -0.2) is 60.4 Å². The van der Waals surface area contributed by atoms with Crippen molar-refractivity contribution in [2.75, 3.05) is 37.6 Å². The van der Waals surface area contributed by atoms with Gasteiger partial charge in [0.05, 0.1) is 5.69 Å². The lowest BCUT2D eigenvalue weighted by Crippen LogP contribution is -2.50. The first-order valence-electron chi connectivity index (χ1n) is 10.4. The summed E-state index contributed by atoms with van der Waals surface area (Å²) in [6, 6.07) is 12.1. The van der Waals surface area contributed by atoms with Gasteiger partial charge in [-0.3, -0.25) is 14.5 Å². The number of carbonyl (C=O) groups is 2. The fourth-order valence-electron chi connectivity index (χ4n) is 4.02. The van der Waals surface area contributed by atoms with Gasteiger partial charge in [0.25, 0.3) is 5.91 Å². The van der Waals surface area contributed by atoms with Crippen LogP contribution in [0.3, 0.4) is 0 Å². The maximum Gasteiger partial charge on any atom is 0.267 e. The molecule has 2 aliphatic rings. The quantitative estimate of drug-likeness (QED) is 0.708. The molecule has 2 heterocycles. The van der Waals surface area contributed by atoms with Crippen LogP contribution in [0.4, 0.5) is 10.1 Å². The number of rotatable bonds is 5. The fraction of sp³-hybridized carbons (Fsp3) is 0.391. The monoisotopic (exact) mass is 445 g/mol. The first kappa shape index (κ1) is 21.6. The van der Waals surface area contributed by atoms with Gasteiger partial charge >= 0.3 is 0 Å². The Kier molecular flexibility index (Phi) is 6.43. The molecule has 0 saturated carbocycles. The molecule has 2 amide bonds. The number of hydrogen-bond acceptors (Lipinski definition) is 4. The zero-order valence-electron chi connectivity index (χ0n) is 17.4. The first-order chi connectivity index (χ1) is 14.9. The number of halogens is 2. The molecule has 2 aliphatic heterocycles. The van der Waals surface area contributed by atoms with Crippen molar-refractivity contribution in [1.82, 2.24) is 9.80 Å². The van der Waals surface area contributed by atoms with Crippen LogP contribution in [0.5, 0.6) is 5.75 Å². The van der Waals surface area contributed by atoms with Gasteiger partial charge in [0.2, 0.25) is 5.91 Å². The lowest BCUT2D eigenvalue weighted by molar-refractivity contribution is -0.133. The van der Waals surface area contributed by atoms with E-state index in [0.717, 1.165) is 0 Å². The SMILES string of the molecule is CC1Oc2ccccc2N(CCC(=O)N2CCN(Cc3c(F)cccc3Cl)CC2)C1=O. The molecule has 0 spiro atoms. The van der Waals surface area contributed by atoms with Gasteiger partial charge in [0.15, 0.2) is 6.10 Å². The Morgan fingerprint density at radius 2 is 1.87 bits per heavy atom. The predicted molar refractivity (Wildman–Crippen MR) is 117 cm³/mol. The Morgan fingerprint density at radius 3 is 2.61 bits per heavy atom. The Bertz CT molecular complexity index is 958. The highest BCUT2D eigenvalue weighted by Crippen LogP contribution is 2.33. The molecule has 0 radical (unpaired) electrons. The van der Waals surface area contributed by atoms with E-state index in [4.69, 9.17) is 16.3 Å². The average molecular weight is 446 g/mol. The number of carbonyl (C=O) groups excluding carboxylic acids is 2. The number of nitrogens with zero attached hydrogens (tertiary/aromatic N) is 3. The van der Waals surface area contributed by atoms with Crippen molar-refractivity contribution < 1.29 is 18.7 Å². The van der Waals surface area contributed by atoms with Crippen LogP contribution in [0.1, 0.15) is 18.9 Å². The summed E-state index contributed by atoms with van der Waals surface area (Å²) in [5.41, 5.74) is 1.19. The highest BCUT2D eigenvalue weighted by atomic mass is 35.5. The second-order valence-electron chi connectivity index (χ2n) is 7.82. The van der Waals surface area contributed by atoms with Crippen LogP contribution >= 0.6 is 11.6 Å². The third kappa shape index (κ3) is 4.67. The lowest BCUT2D eigenvalue weighted by Gasteiger charge is -2.36. The Hall–Kier alpha value is -2.64. The summed E-state index contributed by atoms with van der Waals surface area (Å²) in [6.07, 6.45) is -0.329. The van der Waals surface area contributed by atoms with Gasteiger partial charge in [-0.2, -0.15) is 0 Å². The summed E-state index contributed by atoms with van der Waals surface area (Å²) in [5.74, 6) is 0.212. The molecule has 2 aromatic rings. The van der Waals surface area contributed by atoms with E-state index in [1.165, 1.54) is 6.07 Å². The molecule has 1 fully saturated rings. The van der Waals surface area contributed by atoms with Crippen LogP contribution in [0.25, 0.3) is 0 Å². The molecule has 0 N–H and O–H groups in total. The van der Waals surface area contributed by atoms with E-state index in [1.807, 2.05) is 24.3 Å². The summed E-state index contributed by atoms with van der Waals surface area (Å²) in [7, 11) is 0. The van der Waals surface area contributed by atoms with Crippen molar-refractivity contribution in [3.63, 3.8) is 0 Å². The van der Waals surface area contributed by atoms with Crippen LogP contribution in [-0.2, 0) is 16.1 Å². The van der Waals surface area contributed by atoms with Gasteiger partial charge in [-0.05, 0) is 31.2 Å². The van der Waals surface area contributed by atoms with E-state index >= 15 is 0 Å². The van der Waals surface area contributed by atoms with E-state index in [1.54, 1.807) is 28.9 Å². The lowest BCUT2D eigenvalue weighted by atomic mass is 10.1. The highest BCUT2D eigenvalue weighted by Gasteiger charge is 2.32. The molecule has 0 aromatic heterocycles. The Labute approximate surface area is 186 Å². The van der Waals surface area contributed by atoms with Crippen molar-refractivity contribution in [3.05, 3.63) is 58.9 Å². The van der Waals surface area contributed by atoms with Crippen LogP contribution < -0.4 is 9.64 Å². The van der Waals surface area contributed by atoms with Gasteiger partial charge < -0.3 is 14.5 Å². The van der Waals surface area contributed by atoms with Crippen molar-refractivity contribution in [2.45, 2.75) is 26.0 Å². The average Bonchev–Trinajstić information content (AvgIpc) is 2.77. The Morgan fingerprint density at radius 1 is 1.13 bits per heavy atom. The third-order valence-electron chi connectivity index (χ3n) is 5.79. The summed E-state index contributed by atoms with van der Waals surface area (Å²) in [4.78, 5) is 30.9. The summed E-state index contributed by atoms with van der Waals surface area (Å²) >= 11 is 6.13. The first-order valence-corrected chi connectivity index (χ1v) is 10.8. The number of benzene rings is 2. The zero-order chi connectivity index (χ0) is 22.0. The predicted octanol–water partition coefficient (Wildman–Crippen LogP) is 3.33. The molecule has 0 aliphatic carbocycles. The van der Waals surface area contributed by atoms with E-state index in [0.29, 0.717) is 61.3 Å². The minimum atomic E-state index is -0.571. The second kappa shape index (κ2) is 9.24. The Balaban J connectivity index is 1.31. The van der Waals surface area contributed by atoms with Gasteiger partial charge in [-0.1, -0.05) is 29.8 Å². The molecule has 1 atom stereocenters. The fourth-order valence-corrected chi connectivity index (χ4v) is 4.24. The molecule has 8 heteroatoms. The van der Waals surface area contributed by atoms with Gasteiger partial charge in [-0.15, -0.1) is 0 Å². The molecule has 31 heavy (non-hydrogen) atoms. The van der Waals surface area contributed by atoms with E-state index < -0.39 is 6.10 Å². The maximum absolute atomic E-state index is 14.0. The molecule has 164 valence electrons. The minimum Gasteiger partial charge on any atom is -0.479 e. The van der Waals surface area contributed by atoms with Crippen molar-refractivity contribution in [1.29, 1.82) is 0 Å². The summed E-state index contributed by atoms with van der Waals surface area (Å²) in [6.45, 7) is 4.87. The van der Waals surface area contributed by atoms with Crippen molar-refractivity contribution in [3.8, 4) is 5.75 Å². The molecule has 4 rings (SSSR count). The molecular formula is C23H25ClFN3O3. The number of ether oxygens (including phenoxy) is 1. The number of amides is 2. The van der Waals surface area contributed by atoms with Crippen molar-refractivity contribution >= 4 is 29.1 Å². The van der Waals surface area contributed by atoms with Crippen LogP contribution in [0.2, 0.25) is 5.02 Å². The van der Waals surface area contributed by atoms with E-state index in [2.05, 4.69) is 4.90 Å². The standard InChI is InChI=1S/C23H25ClFN3O3/c1-16-23(30)28(20-7-2-3-8-21(20)31-16)10-9-22(29)27-13-11-26(12-14-27)15-17-18(24)5-4-6-19(17)25/h2-8,16H,9-15H2,1H3. The molecule has 1 saturated heterocycles. The highest BCUT2D eigenvalue weighted by molar-refractivity contribution is 6.31. The van der Waals surface area contributed by atoms with Crippen LogP contribution in [0.15, 0.2) is 42.5 Å². The van der Waals surface area contributed by atoms with Gasteiger partial charge in [0.1, 0.15) is 11.6 Å². The minimum absolute atomic E-state index is 0.00741. The summed E-state index contributed by atoms with van der Waals surface area (Å²) in [5, 5.41) is 0.420. The number of fused-ring (bicyclic) bond motifs is 1. The van der Waals surface area contributed by atoms with Gasteiger partial charge in [-0.25, -0.2) is 4.39 Å². The normalized spacial score (nSPS) is 19.2. The number of para-hydroxylation sites is 2. The maximum atomic E-state index is 14.0. The molecule has 0 bridgehead atoms. The third-order valence-corrected chi connectivity index (χ3v) is 6.15. The molecule has 6 nitrogen and oxygen atoms in total. The summed E-state index contributed by atoms with van der Waals surface area (Å²) < 4.78 is 19.7. The number of anilines is 1. The molecule has 1 unspecified atom stereocenters. The topological polar surface area (TPSA) is 53.1 Å². The second-order valence-corrected chi connectivity index (χ2v) is 8.23. The zero-order valence-corrected chi connectivity index (χ0v) is 18.1. The van der Waals surface area contributed by atoms with Gasteiger partial charge in [0, 0.05) is 56.3 Å². The molecule has 2 aromatic carbocycles. The number of piperazine rings is 1. The van der Waals surface area contributed by atoms with Crippen molar-refractivity contribution in [2.24, 2.45) is 0 Å². The van der Waals surface area contributed by atoms with E-state index in [-0.39, 0.29) is 24.1 Å². The van der Waals surface area contributed by atoms with Crippen LogP contribution in [0, 0.1) is 5.82 Å². The number of hydrogen-bond donors (Lipinski definition) is 0. The largest absolute Gasteiger partial charge is 0.479 e.